The number of ether oxygens (including phenoxy) is 1. The molecule has 1 fully saturated rings. The van der Waals surface area contributed by atoms with Gasteiger partial charge in [0.05, 0.1) is 10.6 Å². The summed E-state index contributed by atoms with van der Waals surface area (Å²) in [4.78, 5) is 0. The molecule has 1 aromatic rings. The van der Waals surface area contributed by atoms with E-state index < -0.39 is 0 Å². The summed E-state index contributed by atoms with van der Waals surface area (Å²) in [6.45, 7) is 8.95. The zero-order valence-electron chi connectivity index (χ0n) is 11.5. The minimum atomic E-state index is 0.147. The zero-order chi connectivity index (χ0) is 14.4. The van der Waals surface area contributed by atoms with E-state index in [0.717, 1.165) is 5.75 Å². The minimum Gasteiger partial charge on any atom is -0.489 e. The van der Waals surface area contributed by atoms with Gasteiger partial charge in [0.25, 0.3) is 22.6 Å². The molecule has 0 spiro atoms. The van der Waals surface area contributed by atoms with E-state index in [9.17, 15) is 0 Å². The molecule has 0 amide bonds. The Hall–Kier alpha value is -0.470. The normalized spacial score (nSPS) is 27.2. The molecule has 1 saturated carbocycles. The Morgan fingerprint density at radius 2 is 1.84 bits per heavy atom. The van der Waals surface area contributed by atoms with Gasteiger partial charge in [-0.2, -0.15) is 5.26 Å². The van der Waals surface area contributed by atoms with Crippen molar-refractivity contribution in [3.63, 3.8) is 0 Å². The van der Waals surface area contributed by atoms with E-state index in [0.29, 0.717) is 14.5 Å². The fraction of sp³-hybridized carbons (Fsp3) is 0.533. The number of nitriles is 1. The molecule has 0 aromatic heterocycles. The summed E-state index contributed by atoms with van der Waals surface area (Å²) in [7, 11) is 0. The second-order valence-corrected chi connectivity index (χ2v) is 8.03. The maximum atomic E-state index is 8.87. The van der Waals surface area contributed by atoms with Crippen LogP contribution >= 0.6 is 11.6 Å². The zero-order valence-corrected chi connectivity index (χ0v) is 14.6. The molecule has 0 unspecified atom stereocenters. The van der Waals surface area contributed by atoms with Crippen molar-refractivity contribution in [2.45, 2.75) is 37.7 Å². The molecule has 0 atom stereocenters. The molecule has 0 bridgehead atoms. The second-order valence-electron chi connectivity index (χ2n) is 6.27. The largest absolute Gasteiger partial charge is 0.489 e. The van der Waals surface area contributed by atoms with Crippen molar-refractivity contribution in [2.24, 2.45) is 10.8 Å². The summed E-state index contributed by atoms with van der Waals surface area (Å²) in [5.74, 6) is 0.739. The highest BCUT2D eigenvalue weighted by Gasteiger charge is 2.67. The Morgan fingerprint density at radius 3 is 2.32 bits per heavy atom. The first-order valence-corrected chi connectivity index (χ1v) is 7.95. The molecule has 2 rings (SSSR count). The summed E-state index contributed by atoms with van der Waals surface area (Å²) in [5.41, 5.74) is 0.776. The van der Waals surface area contributed by atoms with Gasteiger partial charge in [0.2, 0.25) is 0 Å². The van der Waals surface area contributed by atoms with Crippen LogP contribution in [-0.4, -0.2) is 10.0 Å². The van der Waals surface area contributed by atoms with E-state index in [1.807, 2.05) is 6.07 Å². The van der Waals surface area contributed by atoms with Gasteiger partial charge in [-0.25, -0.2) is 0 Å². The summed E-state index contributed by atoms with van der Waals surface area (Å²) in [5, 5.41) is 9.32. The van der Waals surface area contributed by atoms with E-state index in [1.165, 1.54) is 0 Å². The molecule has 0 N–H and O–H groups in total. The van der Waals surface area contributed by atoms with E-state index in [4.69, 9.17) is 21.6 Å². The van der Waals surface area contributed by atoms with Crippen LogP contribution in [0.3, 0.4) is 0 Å². The first-order valence-electron chi connectivity index (χ1n) is 6.23. The topological polar surface area (TPSA) is 33.0 Å². The van der Waals surface area contributed by atoms with Crippen LogP contribution in [0.1, 0.15) is 33.3 Å². The number of hydrogen-bond donors (Lipinski definition) is 0. The van der Waals surface area contributed by atoms with Gasteiger partial charge in [0.1, 0.15) is 17.9 Å². The van der Waals surface area contributed by atoms with Crippen LogP contribution in [0, 0.1) is 22.2 Å². The van der Waals surface area contributed by atoms with E-state index in [2.05, 4.69) is 56.4 Å². The lowest BCUT2D eigenvalue weighted by molar-refractivity contribution is -0.519. The van der Waals surface area contributed by atoms with Crippen molar-refractivity contribution in [2.75, 3.05) is 0 Å². The maximum Gasteiger partial charge on any atom is 0.257 e. The van der Waals surface area contributed by atoms with E-state index in [-0.39, 0.29) is 16.9 Å². The fourth-order valence-electron chi connectivity index (χ4n) is 3.20. The highest BCUT2D eigenvalue weighted by atomic mass is 127. The number of benzene rings is 1. The molecule has 0 saturated heterocycles. The predicted octanol–water partition coefficient (Wildman–Crippen LogP) is 0.679. The molecular formula is C15H18ClINO+. The van der Waals surface area contributed by atoms with Crippen LogP contribution < -0.4 is 27.3 Å². The van der Waals surface area contributed by atoms with Gasteiger partial charge < -0.3 is 4.74 Å². The number of halogens is 2. The Kier molecular flexibility index (Phi) is 3.79. The maximum absolute atomic E-state index is 8.87. The summed E-state index contributed by atoms with van der Waals surface area (Å²) < 4.78 is 6.75. The molecule has 4 heteroatoms. The number of nitrogens with zero attached hydrogens (tertiary/aromatic N) is 1. The van der Waals surface area contributed by atoms with Crippen LogP contribution in [0.2, 0.25) is 5.02 Å². The monoisotopic (exact) mass is 390 g/mol. The SMILES string of the molecule is CC1(C)C([IH+])C(C)(C)C1Oc1ccc(C#N)c(Cl)c1. The highest BCUT2D eigenvalue weighted by molar-refractivity contribution is 6.31. The predicted molar refractivity (Wildman–Crippen MR) is 73.3 cm³/mol. The van der Waals surface area contributed by atoms with Gasteiger partial charge in [0, 0.05) is 16.9 Å². The lowest BCUT2D eigenvalue weighted by Crippen LogP contribution is -3.43. The number of alkyl halides is 1. The van der Waals surface area contributed by atoms with Crippen molar-refractivity contribution in [1.82, 2.24) is 0 Å². The third-order valence-electron chi connectivity index (χ3n) is 4.02. The molecule has 2 nitrogen and oxygen atoms in total. The van der Waals surface area contributed by atoms with Crippen LogP contribution in [0.15, 0.2) is 18.2 Å². The Balaban J connectivity index is 2.23. The third-order valence-corrected chi connectivity index (χ3v) is 7.80. The summed E-state index contributed by atoms with van der Waals surface area (Å²) in [6.07, 6.45) is 0.154. The average Bonchev–Trinajstić information content (AvgIpc) is 2.34. The minimum absolute atomic E-state index is 0.147. The van der Waals surface area contributed by atoms with Crippen molar-refractivity contribution >= 4 is 11.6 Å². The van der Waals surface area contributed by atoms with Gasteiger partial charge in [-0.1, -0.05) is 39.3 Å². The number of rotatable bonds is 2. The first kappa shape index (κ1) is 14.9. The Labute approximate surface area is 133 Å². The molecular weight excluding hydrogens is 373 g/mol. The number of hydrogen-bond acceptors (Lipinski definition) is 2. The Bertz CT molecular complexity index is 532. The van der Waals surface area contributed by atoms with Gasteiger partial charge >= 0.3 is 0 Å². The van der Waals surface area contributed by atoms with Gasteiger partial charge in [-0.05, 0) is 12.1 Å². The van der Waals surface area contributed by atoms with Crippen molar-refractivity contribution in [3.8, 4) is 11.8 Å². The van der Waals surface area contributed by atoms with Crippen LogP contribution in [0.4, 0.5) is 0 Å². The standard InChI is InChI=1S/C15H18ClINO/c1-14(2)12(17)15(3,4)13(14)19-10-6-5-9(8-18)11(16)7-10/h5-7,12-13,17H,1-4H3/q+1. The molecule has 0 aliphatic heterocycles. The smallest absolute Gasteiger partial charge is 0.257 e. The summed E-state index contributed by atoms with van der Waals surface area (Å²) >= 11 is 8.23. The quantitative estimate of drug-likeness (QED) is 0.550. The third kappa shape index (κ3) is 2.34. The molecule has 1 aliphatic rings. The van der Waals surface area contributed by atoms with Gasteiger partial charge in [-0.15, -0.1) is 0 Å². The molecule has 19 heavy (non-hydrogen) atoms. The van der Waals surface area contributed by atoms with Crippen molar-refractivity contribution in [3.05, 3.63) is 28.8 Å². The summed E-state index contributed by atoms with van der Waals surface area (Å²) in [6, 6.07) is 7.32. The van der Waals surface area contributed by atoms with E-state index in [1.54, 1.807) is 12.1 Å². The highest BCUT2D eigenvalue weighted by Crippen LogP contribution is 2.52. The molecule has 0 radical (unpaired) electrons. The lowest BCUT2D eigenvalue weighted by Gasteiger charge is -2.56. The molecule has 1 aliphatic carbocycles. The Morgan fingerprint density at radius 1 is 1.26 bits per heavy atom. The second kappa shape index (κ2) is 4.82. The first-order chi connectivity index (χ1) is 8.71. The fourth-order valence-corrected chi connectivity index (χ4v) is 4.11. The van der Waals surface area contributed by atoms with Gasteiger partial charge in [-0.3, -0.25) is 0 Å². The van der Waals surface area contributed by atoms with Crippen LogP contribution in [0.25, 0.3) is 0 Å². The lowest BCUT2D eigenvalue weighted by atomic mass is 9.53. The molecule has 1 aromatic carbocycles. The average molecular weight is 391 g/mol. The van der Waals surface area contributed by atoms with E-state index >= 15 is 0 Å². The van der Waals surface area contributed by atoms with Gasteiger partial charge in [0.15, 0.2) is 3.92 Å². The molecule has 102 valence electrons. The van der Waals surface area contributed by atoms with Crippen molar-refractivity contribution in [1.29, 1.82) is 5.26 Å². The van der Waals surface area contributed by atoms with Crippen LogP contribution in [0.5, 0.6) is 5.75 Å². The van der Waals surface area contributed by atoms with Crippen molar-refractivity contribution < 1.29 is 27.3 Å². The van der Waals surface area contributed by atoms with Crippen LogP contribution in [-0.2, 0) is 0 Å². The molecule has 0 heterocycles.